The fraction of sp³-hybridized carbons (Fsp3) is 0.150. The van der Waals surface area contributed by atoms with Gasteiger partial charge < -0.3 is 14.8 Å². The highest BCUT2D eigenvalue weighted by Crippen LogP contribution is 2.32. The summed E-state index contributed by atoms with van der Waals surface area (Å²) in [7, 11) is 1.48. The molecule has 0 aromatic heterocycles. The van der Waals surface area contributed by atoms with Gasteiger partial charge in [-0.3, -0.25) is 9.59 Å². The van der Waals surface area contributed by atoms with Crippen molar-refractivity contribution in [3.8, 4) is 5.75 Å². The van der Waals surface area contributed by atoms with Gasteiger partial charge in [0.2, 0.25) is 0 Å². The number of rotatable bonds is 6. The van der Waals surface area contributed by atoms with Gasteiger partial charge in [0.1, 0.15) is 16.5 Å². The minimum atomic E-state index is -0.678. The molecule has 1 N–H and O–H groups in total. The number of carbonyl (C=O) groups excluding carboxylic acids is 3. The number of halogens is 2. The summed E-state index contributed by atoms with van der Waals surface area (Å²) in [4.78, 5) is 38.0. The van der Waals surface area contributed by atoms with Crippen molar-refractivity contribution in [1.29, 1.82) is 0 Å². The van der Waals surface area contributed by atoms with Crippen molar-refractivity contribution in [1.82, 2.24) is 0 Å². The Morgan fingerprint density at radius 1 is 1.07 bits per heavy atom. The van der Waals surface area contributed by atoms with Crippen molar-refractivity contribution in [3.63, 3.8) is 0 Å². The Kier molecular flexibility index (Phi) is 6.10. The second kappa shape index (κ2) is 8.55. The molecule has 3 rings (SSSR count). The molecule has 0 saturated heterocycles. The molecule has 1 aliphatic rings. The molecule has 0 fully saturated rings. The van der Waals surface area contributed by atoms with Crippen molar-refractivity contribution < 1.29 is 23.9 Å². The molecule has 2 aromatic carbocycles. The maximum atomic E-state index is 12.8. The van der Waals surface area contributed by atoms with Crippen LogP contribution in [0, 0.1) is 0 Å². The van der Waals surface area contributed by atoms with Crippen molar-refractivity contribution >= 4 is 52.4 Å². The third kappa shape index (κ3) is 4.06. The molecule has 9 heteroatoms. The lowest BCUT2D eigenvalue weighted by atomic mass is 10.2. The van der Waals surface area contributed by atoms with Crippen LogP contribution in [0.5, 0.6) is 5.75 Å². The highest BCUT2D eigenvalue weighted by Gasteiger charge is 2.39. The van der Waals surface area contributed by atoms with Crippen molar-refractivity contribution in [2.75, 3.05) is 23.9 Å². The Morgan fingerprint density at radius 2 is 1.76 bits per heavy atom. The van der Waals surface area contributed by atoms with Gasteiger partial charge in [0.25, 0.3) is 11.8 Å². The number of benzene rings is 2. The van der Waals surface area contributed by atoms with E-state index in [0.717, 1.165) is 4.90 Å². The number of anilines is 2. The van der Waals surface area contributed by atoms with E-state index in [4.69, 9.17) is 32.7 Å². The highest BCUT2D eigenvalue weighted by atomic mass is 35.5. The molecular formula is C20H16Cl2N2O5. The van der Waals surface area contributed by atoms with E-state index in [2.05, 4.69) is 5.32 Å². The summed E-state index contributed by atoms with van der Waals surface area (Å²) in [6, 6.07) is 10.7. The lowest BCUT2D eigenvalue weighted by Gasteiger charge is -2.15. The molecule has 0 saturated carbocycles. The molecule has 150 valence electrons. The average molecular weight is 435 g/mol. The van der Waals surface area contributed by atoms with Crippen LogP contribution < -0.4 is 15.0 Å². The minimum absolute atomic E-state index is 0.0765. The molecule has 2 amide bonds. The Balaban J connectivity index is 1.83. The van der Waals surface area contributed by atoms with Gasteiger partial charge in [-0.2, -0.15) is 0 Å². The lowest BCUT2D eigenvalue weighted by molar-refractivity contribution is -0.120. The maximum absolute atomic E-state index is 12.8. The van der Waals surface area contributed by atoms with Crippen LogP contribution in [-0.4, -0.2) is 31.5 Å². The van der Waals surface area contributed by atoms with Crippen LogP contribution in [-0.2, 0) is 14.3 Å². The molecule has 0 aliphatic carbocycles. The topological polar surface area (TPSA) is 84.9 Å². The first-order valence-electron chi connectivity index (χ1n) is 8.53. The predicted molar refractivity (Wildman–Crippen MR) is 109 cm³/mol. The van der Waals surface area contributed by atoms with E-state index >= 15 is 0 Å². The molecule has 0 unspecified atom stereocenters. The first-order valence-corrected chi connectivity index (χ1v) is 9.29. The summed E-state index contributed by atoms with van der Waals surface area (Å²) in [6.07, 6.45) is 0. The monoisotopic (exact) mass is 434 g/mol. The molecular weight excluding hydrogens is 419 g/mol. The number of amides is 2. The molecule has 0 bridgehead atoms. The zero-order chi connectivity index (χ0) is 21.1. The zero-order valence-corrected chi connectivity index (χ0v) is 17.0. The van der Waals surface area contributed by atoms with Crippen LogP contribution >= 0.6 is 23.2 Å². The summed E-state index contributed by atoms with van der Waals surface area (Å²) in [5.41, 5.74) is 0.965. The van der Waals surface area contributed by atoms with E-state index in [1.807, 2.05) is 0 Å². The van der Waals surface area contributed by atoms with Gasteiger partial charge in [0.15, 0.2) is 0 Å². The van der Waals surface area contributed by atoms with Gasteiger partial charge >= 0.3 is 5.97 Å². The standard InChI is InChI=1S/C20H16Cl2N2O5/c1-3-29-20(27)11-4-7-13(8-5-11)24-18(25)16(22)17(19(24)26)23-12-6-9-15(28-2)14(21)10-12/h4-10,23H,3H2,1-2H3. The van der Waals surface area contributed by atoms with E-state index in [1.165, 1.54) is 31.4 Å². The summed E-state index contributed by atoms with van der Waals surface area (Å²) in [5.74, 6) is -1.33. The first-order chi connectivity index (χ1) is 13.9. The van der Waals surface area contributed by atoms with Gasteiger partial charge in [0.05, 0.1) is 30.0 Å². The number of nitrogens with zero attached hydrogens (tertiary/aromatic N) is 1. The van der Waals surface area contributed by atoms with Gasteiger partial charge in [-0.1, -0.05) is 23.2 Å². The molecule has 2 aromatic rings. The van der Waals surface area contributed by atoms with Gasteiger partial charge in [-0.05, 0) is 49.4 Å². The van der Waals surface area contributed by atoms with Crippen LogP contribution in [0.3, 0.4) is 0 Å². The number of esters is 1. The number of nitrogens with one attached hydrogen (secondary N) is 1. The highest BCUT2D eigenvalue weighted by molar-refractivity contribution is 6.53. The van der Waals surface area contributed by atoms with Crippen LogP contribution in [0.1, 0.15) is 17.3 Å². The molecule has 0 atom stereocenters. The van der Waals surface area contributed by atoms with Crippen molar-refractivity contribution in [2.45, 2.75) is 6.92 Å². The summed E-state index contributed by atoms with van der Waals surface area (Å²) in [6.45, 7) is 1.94. The van der Waals surface area contributed by atoms with Crippen LogP contribution in [0.4, 0.5) is 11.4 Å². The Labute approximate surface area is 176 Å². The second-order valence-corrected chi connectivity index (χ2v) is 6.66. The fourth-order valence-electron chi connectivity index (χ4n) is 2.70. The lowest BCUT2D eigenvalue weighted by Crippen LogP contribution is -2.32. The van der Waals surface area contributed by atoms with E-state index in [0.29, 0.717) is 22.0 Å². The Morgan fingerprint density at radius 3 is 2.34 bits per heavy atom. The average Bonchev–Trinajstić information content (AvgIpc) is 2.92. The number of carbonyl (C=O) groups is 3. The Bertz CT molecular complexity index is 1020. The van der Waals surface area contributed by atoms with E-state index in [-0.39, 0.29) is 23.0 Å². The summed E-state index contributed by atoms with van der Waals surface area (Å²) in [5, 5.41) is 2.91. The molecule has 29 heavy (non-hydrogen) atoms. The van der Waals surface area contributed by atoms with Crippen molar-refractivity contribution in [2.24, 2.45) is 0 Å². The van der Waals surface area contributed by atoms with Gasteiger partial charge in [0, 0.05) is 5.69 Å². The number of methoxy groups -OCH3 is 1. The first kappa shape index (κ1) is 20.7. The summed E-state index contributed by atoms with van der Waals surface area (Å²) >= 11 is 12.2. The maximum Gasteiger partial charge on any atom is 0.338 e. The normalized spacial score (nSPS) is 13.7. The third-order valence-corrected chi connectivity index (χ3v) is 4.73. The minimum Gasteiger partial charge on any atom is -0.495 e. The van der Waals surface area contributed by atoms with Crippen LogP contribution in [0.15, 0.2) is 53.2 Å². The van der Waals surface area contributed by atoms with E-state index < -0.39 is 17.8 Å². The van der Waals surface area contributed by atoms with Crippen molar-refractivity contribution in [3.05, 3.63) is 63.8 Å². The molecule has 7 nitrogen and oxygen atoms in total. The predicted octanol–water partition coefficient (Wildman–Crippen LogP) is 3.96. The molecule has 1 heterocycles. The van der Waals surface area contributed by atoms with Crippen LogP contribution in [0.2, 0.25) is 5.02 Å². The smallest absolute Gasteiger partial charge is 0.338 e. The fourth-order valence-corrected chi connectivity index (χ4v) is 3.17. The number of ether oxygens (including phenoxy) is 2. The number of imide groups is 1. The largest absolute Gasteiger partial charge is 0.495 e. The SMILES string of the molecule is CCOC(=O)c1ccc(N2C(=O)C(Cl)=C(Nc3ccc(OC)c(Cl)c3)C2=O)cc1. The molecule has 0 spiro atoms. The molecule has 1 aliphatic heterocycles. The molecule has 0 radical (unpaired) electrons. The number of hydrogen-bond acceptors (Lipinski definition) is 6. The van der Waals surface area contributed by atoms with Gasteiger partial charge in [-0.15, -0.1) is 0 Å². The second-order valence-electron chi connectivity index (χ2n) is 5.88. The Hall–Kier alpha value is -3.03. The van der Waals surface area contributed by atoms with E-state index in [9.17, 15) is 14.4 Å². The quantitative estimate of drug-likeness (QED) is 0.546. The summed E-state index contributed by atoms with van der Waals surface area (Å²) < 4.78 is 10.0. The van der Waals surface area contributed by atoms with E-state index in [1.54, 1.807) is 25.1 Å². The van der Waals surface area contributed by atoms with Gasteiger partial charge in [-0.25, -0.2) is 9.69 Å². The number of hydrogen-bond donors (Lipinski definition) is 1. The zero-order valence-electron chi connectivity index (χ0n) is 15.5. The van der Waals surface area contributed by atoms with Crippen LogP contribution in [0.25, 0.3) is 0 Å². The third-order valence-electron chi connectivity index (χ3n) is 4.09.